The molecule has 2 aromatic carbocycles. The first-order valence-corrected chi connectivity index (χ1v) is 7.97. The number of hydrogen-bond donors (Lipinski definition) is 1. The van der Waals surface area contributed by atoms with E-state index in [2.05, 4.69) is 15.0 Å². The van der Waals surface area contributed by atoms with Gasteiger partial charge in [0.1, 0.15) is 11.3 Å². The van der Waals surface area contributed by atoms with Crippen LogP contribution in [-0.4, -0.2) is 40.2 Å². The van der Waals surface area contributed by atoms with Gasteiger partial charge in [0.05, 0.1) is 14.2 Å². The third kappa shape index (κ3) is 3.79. The molecule has 1 N–H and O–H groups in total. The van der Waals surface area contributed by atoms with Crippen LogP contribution in [0, 0.1) is 6.92 Å². The molecule has 0 fully saturated rings. The number of aromatic nitrogens is 3. The maximum atomic E-state index is 12.0. The van der Waals surface area contributed by atoms with Gasteiger partial charge < -0.3 is 19.3 Å². The Morgan fingerprint density at radius 1 is 0.852 bits per heavy atom. The lowest BCUT2D eigenvalue weighted by Crippen LogP contribution is -2.06. The number of hydrogen-bond acceptors (Lipinski definition) is 7. The third-order valence-corrected chi connectivity index (χ3v) is 3.82. The first kappa shape index (κ1) is 18.1. The maximum absolute atomic E-state index is 12.0. The zero-order chi connectivity index (χ0) is 19.4. The van der Waals surface area contributed by atoms with E-state index in [1.54, 1.807) is 12.1 Å². The Hall–Kier alpha value is -3.68. The van der Waals surface area contributed by atoms with Gasteiger partial charge in [-0.05, 0) is 24.1 Å². The average Bonchev–Trinajstić information content (AvgIpc) is 2.67. The van der Waals surface area contributed by atoms with E-state index in [-0.39, 0.29) is 29.3 Å². The van der Waals surface area contributed by atoms with Crippen LogP contribution >= 0.6 is 0 Å². The summed E-state index contributed by atoms with van der Waals surface area (Å²) in [6.45, 7) is 1.91. The Balaban J connectivity index is 2.11. The normalized spacial score (nSPS) is 10.3. The Labute approximate surface area is 155 Å². The number of ether oxygens (including phenoxy) is 3. The fourth-order valence-corrected chi connectivity index (χ4v) is 2.58. The molecule has 0 aliphatic carbocycles. The van der Waals surface area contributed by atoms with Gasteiger partial charge in [-0.2, -0.15) is 0 Å². The average molecular weight is 367 g/mol. The summed E-state index contributed by atoms with van der Waals surface area (Å²) < 4.78 is 15.6. The lowest BCUT2D eigenvalue weighted by molar-refractivity contribution is 0.0695. The molecular formula is C19H17N3O5. The van der Waals surface area contributed by atoms with Crippen molar-refractivity contribution in [3.05, 3.63) is 53.6 Å². The second-order valence-electron chi connectivity index (χ2n) is 5.49. The molecule has 0 atom stereocenters. The summed E-state index contributed by atoms with van der Waals surface area (Å²) in [6, 6.07) is 12.3. The number of benzene rings is 2. The van der Waals surface area contributed by atoms with E-state index < -0.39 is 5.97 Å². The fourth-order valence-electron chi connectivity index (χ4n) is 2.58. The van der Waals surface area contributed by atoms with Gasteiger partial charge in [-0.15, -0.1) is 15.0 Å². The molecule has 8 heteroatoms. The number of aryl methyl sites for hydroxylation is 1. The molecule has 3 rings (SSSR count). The van der Waals surface area contributed by atoms with Crippen LogP contribution in [0.5, 0.6) is 23.8 Å². The molecule has 0 aliphatic heterocycles. The van der Waals surface area contributed by atoms with Crippen molar-refractivity contribution < 1.29 is 24.1 Å². The van der Waals surface area contributed by atoms with Crippen molar-refractivity contribution >= 4 is 5.97 Å². The molecule has 0 bridgehead atoms. The van der Waals surface area contributed by atoms with Crippen LogP contribution < -0.4 is 14.2 Å². The molecule has 1 aromatic heterocycles. The van der Waals surface area contributed by atoms with Gasteiger partial charge in [-0.25, -0.2) is 4.79 Å². The summed E-state index contributed by atoms with van der Waals surface area (Å²) >= 11 is 0. The minimum atomic E-state index is -1.13. The van der Waals surface area contributed by atoms with Gasteiger partial charge in [0.2, 0.25) is 0 Å². The predicted molar refractivity (Wildman–Crippen MR) is 96.6 cm³/mol. The highest BCUT2D eigenvalue weighted by molar-refractivity contribution is 5.99. The summed E-state index contributed by atoms with van der Waals surface area (Å²) in [7, 11) is 2.78. The lowest BCUT2D eigenvalue weighted by atomic mass is 9.95. The zero-order valence-corrected chi connectivity index (χ0v) is 15.0. The Morgan fingerprint density at radius 2 is 1.44 bits per heavy atom. The number of carbonyl (C=O) groups is 1. The van der Waals surface area contributed by atoms with Gasteiger partial charge >= 0.3 is 24.0 Å². The fraction of sp³-hybridized carbons (Fsp3) is 0.158. The lowest BCUT2D eigenvalue weighted by Gasteiger charge is -2.13. The second kappa shape index (κ2) is 7.69. The van der Waals surface area contributed by atoms with Gasteiger partial charge in [-0.1, -0.05) is 36.4 Å². The SMILES string of the molecule is COc1nc(OC)nc(Oc2cccc(-c3ccccc3C)c2C(=O)O)n1. The number of methoxy groups -OCH3 is 2. The van der Waals surface area contributed by atoms with Crippen molar-refractivity contribution in [1.82, 2.24) is 15.0 Å². The van der Waals surface area contributed by atoms with Gasteiger partial charge in [0, 0.05) is 5.56 Å². The first-order chi connectivity index (χ1) is 13.0. The van der Waals surface area contributed by atoms with Crippen LogP contribution in [0.25, 0.3) is 11.1 Å². The summed E-state index contributed by atoms with van der Waals surface area (Å²) in [5.74, 6) is -1.03. The monoisotopic (exact) mass is 367 g/mol. The molecule has 3 aromatic rings. The minimum Gasteiger partial charge on any atom is -0.478 e. The largest absolute Gasteiger partial charge is 0.478 e. The molecule has 0 amide bonds. The molecule has 138 valence electrons. The topological polar surface area (TPSA) is 104 Å². The van der Waals surface area contributed by atoms with Crippen LogP contribution in [0.15, 0.2) is 42.5 Å². The quantitative estimate of drug-likeness (QED) is 0.707. The third-order valence-electron chi connectivity index (χ3n) is 3.82. The molecule has 1 heterocycles. The van der Waals surface area contributed by atoms with Crippen LogP contribution in [0.3, 0.4) is 0 Å². The highest BCUT2D eigenvalue weighted by atomic mass is 16.5. The van der Waals surface area contributed by atoms with E-state index in [0.29, 0.717) is 5.56 Å². The number of carboxylic acids is 1. The molecule has 0 spiro atoms. The van der Waals surface area contributed by atoms with Crippen LogP contribution in [-0.2, 0) is 0 Å². The Kier molecular flexibility index (Phi) is 5.16. The van der Waals surface area contributed by atoms with Gasteiger partial charge in [0.25, 0.3) is 0 Å². The molecule has 0 unspecified atom stereocenters. The molecule has 27 heavy (non-hydrogen) atoms. The standard InChI is InChI=1S/C19H17N3O5/c1-11-7-4-5-8-12(11)13-9-6-10-14(15(13)16(23)24)27-19-21-17(25-2)20-18(22-19)26-3/h4-10H,1-3H3,(H,23,24). The summed E-state index contributed by atoms with van der Waals surface area (Å²) in [5.41, 5.74) is 2.28. The smallest absolute Gasteiger partial charge is 0.340 e. The van der Waals surface area contributed by atoms with E-state index in [0.717, 1.165) is 11.1 Å². The van der Waals surface area contributed by atoms with Crippen molar-refractivity contribution in [1.29, 1.82) is 0 Å². The highest BCUT2D eigenvalue weighted by Crippen LogP contribution is 2.34. The van der Waals surface area contributed by atoms with Crippen molar-refractivity contribution in [2.24, 2.45) is 0 Å². The van der Waals surface area contributed by atoms with Crippen LogP contribution in [0.4, 0.5) is 0 Å². The van der Waals surface area contributed by atoms with Gasteiger partial charge in [-0.3, -0.25) is 0 Å². The molecule has 0 radical (unpaired) electrons. The highest BCUT2D eigenvalue weighted by Gasteiger charge is 2.21. The number of rotatable bonds is 6. The molecular weight excluding hydrogens is 350 g/mol. The number of nitrogens with zero attached hydrogens (tertiary/aromatic N) is 3. The van der Waals surface area contributed by atoms with Crippen LogP contribution in [0.1, 0.15) is 15.9 Å². The van der Waals surface area contributed by atoms with E-state index in [4.69, 9.17) is 14.2 Å². The van der Waals surface area contributed by atoms with Crippen molar-refractivity contribution in [3.8, 4) is 34.9 Å². The first-order valence-electron chi connectivity index (χ1n) is 7.97. The summed E-state index contributed by atoms with van der Waals surface area (Å²) in [5, 5.41) is 9.80. The van der Waals surface area contributed by atoms with Crippen molar-refractivity contribution in [2.75, 3.05) is 14.2 Å². The number of carboxylic acid groups (broad SMARTS) is 1. The molecule has 8 nitrogen and oxygen atoms in total. The molecule has 0 saturated carbocycles. The van der Waals surface area contributed by atoms with E-state index in [1.807, 2.05) is 31.2 Å². The second-order valence-corrected chi connectivity index (χ2v) is 5.49. The van der Waals surface area contributed by atoms with E-state index in [1.165, 1.54) is 20.3 Å². The summed E-state index contributed by atoms with van der Waals surface area (Å²) in [4.78, 5) is 23.8. The predicted octanol–water partition coefficient (Wildman–Crippen LogP) is 3.35. The summed E-state index contributed by atoms with van der Waals surface area (Å²) in [6.07, 6.45) is 0. The van der Waals surface area contributed by atoms with Crippen LogP contribution in [0.2, 0.25) is 0 Å². The van der Waals surface area contributed by atoms with E-state index in [9.17, 15) is 9.90 Å². The van der Waals surface area contributed by atoms with E-state index >= 15 is 0 Å². The Morgan fingerprint density at radius 3 is 2.04 bits per heavy atom. The van der Waals surface area contributed by atoms with Crippen molar-refractivity contribution in [3.63, 3.8) is 0 Å². The maximum Gasteiger partial charge on any atom is 0.340 e. The van der Waals surface area contributed by atoms with Crippen molar-refractivity contribution in [2.45, 2.75) is 6.92 Å². The minimum absolute atomic E-state index is 0.00476. The molecule has 0 saturated heterocycles. The number of aromatic carboxylic acids is 1. The van der Waals surface area contributed by atoms with Gasteiger partial charge in [0.15, 0.2) is 0 Å². The molecule has 0 aliphatic rings. The Bertz CT molecular complexity index is 969. The zero-order valence-electron chi connectivity index (χ0n) is 15.0.